The lowest BCUT2D eigenvalue weighted by atomic mass is 10.2. The van der Waals surface area contributed by atoms with Gasteiger partial charge in [0.05, 0.1) is 5.69 Å². The summed E-state index contributed by atoms with van der Waals surface area (Å²) in [6, 6.07) is 6.48. The Bertz CT molecular complexity index is 651. The number of benzene rings is 1. The van der Waals surface area contributed by atoms with E-state index in [-0.39, 0.29) is 5.82 Å². The van der Waals surface area contributed by atoms with Crippen molar-refractivity contribution in [2.45, 2.75) is 39.7 Å². The van der Waals surface area contributed by atoms with Gasteiger partial charge in [-0.15, -0.1) is 0 Å². The minimum Gasteiger partial charge on any atom is -0.444 e. The van der Waals surface area contributed by atoms with E-state index in [0.29, 0.717) is 24.9 Å². The molecule has 2 rings (SSSR count). The van der Waals surface area contributed by atoms with Crippen LogP contribution in [-0.4, -0.2) is 30.1 Å². The molecule has 0 spiro atoms. The van der Waals surface area contributed by atoms with Gasteiger partial charge in [0.2, 0.25) is 5.89 Å². The Morgan fingerprint density at radius 1 is 1.29 bits per heavy atom. The predicted octanol–water partition coefficient (Wildman–Crippen LogP) is 3.38. The highest BCUT2D eigenvalue weighted by atomic mass is 19.1. The summed E-state index contributed by atoms with van der Waals surface area (Å²) in [5, 5.41) is 6.58. The highest BCUT2D eigenvalue weighted by Gasteiger charge is 2.07. The Morgan fingerprint density at radius 2 is 2.04 bits per heavy atom. The van der Waals surface area contributed by atoms with Crippen LogP contribution < -0.4 is 10.6 Å². The number of hydrogen-bond acceptors (Lipinski definition) is 3. The van der Waals surface area contributed by atoms with E-state index in [1.807, 2.05) is 6.92 Å². The zero-order valence-corrected chi connectivity index (χ0v) is 14.5. The number of nitrogens with zero attached hydrogens (tertiary/aromatic N) is 2. The summed E-state index contributed by atoms with van der Waals surface area (Å²) in [5.74, 6) is 1.04. The van der Waals surface area contributed by atoms with Crippen LogP contribution in [0.4, 0.5) is 4.39 Å². The molecule has 0 aliphatic rings. The van der Waals surface area contributed by atoms with E-state index in [1.165, 1.54) is 12.1 Å². The van der Waals surface area contributed by atoms with Crippen LogP contribution in [0.3, 0.4) is 0 Å². The minimum absolute atomic E-state index is 0.273. The summed E-state index contributed by atoms with van der Waals surface area (Å²) >= 11 is 0. The van der Waals surface area contributed by atoms with Gasteiger partial charge in [-0.3, -0.25) is 4.99 Å². The van der Waals surface area contributed by atoms with Crippen molar-refractivity contribution in [2.24, 2.45) is 4.99 Å². The van der Waals surface area contributed by atoms with Crippen molar-refractivity contribution < 1.29 is 8.81 Å². The average Bonchev–Trinajstić information content (AvgIpc) is 3.04. The van der Waals surface area contributed by atoms with Crippen LogP contribution in [0.2, 0.25) is 0 Å². The normalized spacial score (nSPS) is 12.9. The monoisotopic (exact) mass is 332 g/mol. The molecular weight excluding hydrogens is 307 g/mol. The summed E-state index contributed by atoms with van der Waals surface area (Å²) in [5.41, 5.74) is 1.59. The molecule has 0 aliphatic carbocycles. The van der Waals surface area contributed by atoms with Crippen molar-refractivity contribution in [3.05, 3.63) is 42.0 Å². The molecule has 0 saturated heterocycles. The molecule has 1 aromatic carbocycles. The lowest BCUT2D eigenvalue weighted by Gasteiger charge is -2.15. The zero-order chi connectivity index (χ0) is 17.4. The van der Waals surface area contributed by atoms with Crippen LogP contribution >= 0.6 is 0 Å². The first-order valence-electron chi connectivity index (χ1n) is 8.37. The van der Waals surface area contributed by atoms with Crippen molar-refractivity contribution in [3.63, 3.8) is 0 Å². The molecule has 6 heteroatoms. The van der Waals surface area contributed by atoms with Crippen molar-refractivity contribution in [2.75, 3.05) is 13.1 Å². The molecule has 5 nitrogen and oxygen atoms in total. The van der Waals surface area contributed by atoms with Gasteiger partial charge in [0, 0.05) is 31.1 Å². The first kappa shape index (κ1) is 18.0. The maximum atomic E-state index is 13.0. The maximum absolute atomic E-state index is 13.0. The Balaban J connectivity index is 1.94. The Hall–Kier alpha value is -2.37. The van der Waals surface area contributed by atoms with E-state index in [0.717, 1.165) is 30.2 Å². The molecular formula is C18H25FN4O. The number of halogens is 1. The molecule has 0 bridgehead atoms. The topological polar surface area (TPSA) is 62.5 Å². The fourth-order valence-corrected chi connectivity index (χ4v) is 2.08. The standard InChI is InChI=1S/C18H25FN4O/c1-4-13(3)22-18(20-5-2)21-11-10-16-12-24-17(23-16)14-6-8-15(19)9-7-14/h6-9,12-13H,4-5,10-11H2,1-3H3,(H2,20,21,22). The van der Waals surface area contributed by atoms with Crippen LogP contribution in [0.25, 0.3) is 11.5 Å². The van der Waals surface area contributed by atoms with Crippen LogP contribution in [0.1, 0.15) is 32.9 Å². The summed E-state index contributed by atoms with van der Waals surface area (Å²) in [7, 11) is 0. The van der Waals surface area contributed by atoms with Crippen LogP contribution in [0, 0.1) is 5.82 Å². The Morgan fingerprint density at radius 3 is 2.71 bits per heavy atom. The molecule has 2 N–H and O–H groups in total. The van der Waals surface area contributed by atoms with E-state index in [4.69, 9.17) is 4.42 Å². The largest absolute Gasteiger partial charge is 0.444 e. The van der Waals surface area contributed by atoms with Gasteiger partial charge < -0.3 is 15.1 Å². The third-order valence-electron chi connectivity index (χ3n) is 3.62. The molecule has 1 heterocycles. The fourth-order valence-electron chi connectivity index (χ4n) is 2.08. The highest BCUT2D eigenvalue weighted by molar-refractivity contribution is 5.80. The molecule has 0 saturated carbocycles. The smallest absolute Gasteiger partial charge is 0.226 e. The number of nitrogens with one attached hydrogen (secondary N) is 2. The van der Waals surface area contributed by atoms with Crippen molar-refractivity contribution in [3.8, 4) is 11.5 Å². The van der Waals surface area contributed by atoms with E-state index in [2.05, 4.69) is 34.5 Å². The van der Waals surface area contributed by atoms with E-state index in [1.54, 1.807) is 18.4 Å². The molecule has 130 valence electrons. The van der Waals surface area contributed by atoms with Gasteiger partial charge in [-0.05, 0) is 44.5 Å². The van der Waals surface area contributed by atoms with Gasteiger partial charge in [-0.25, -0.2) is 9.37 Å². The molecule has 0 aliphatic heterocycles. The van der Waals surface area contributed by atoms with Gasteiger partial charge >= 0.3 is 0 Å². The van der Waals surface area contributed by atoms with Crippen LogP contribution in [0.5, 0.6) is 0 Å². The van der Waals surface area contributed by atoms with E-state index >= 15 is 0 Å². The SMILES string of the molecule is CCNC(=NCCc1coc(-c2ccc(F)cc2)n1)NC(C)CC. The third-order valence-corrected chi connectivity index (χ3v) is 3.62. The number of aromatic nitrogens is 1. The van der Waals surface area contributed by atoms with Crippen LogP contribution in [0.15, 0.2) is 39.9 Å². The van der Waals surface area contributed by atoms with Gasteiger partial charge in [0.15, 0.2) is 5.96 Å². The third kappa shape index (κ3) is 5.37. The number of hydrogen-bond donors (Lipinski definition) is 2. The molecule has 1 aromatic heterocycles. The van der Waals surface area contributed by atoms with Gasteiger partial charge in [-0.2, -0.15) is 0 Å². The quantitative estimate of drug-likeness (QED) is 0.603. The second-order valence-electron chi connectivity index (χ2n) is 5.62. The molecule has 1 unspecified atom stereocenters. The van der Waals surface area contributed by atoms with Gasteiger partial charge in [0.1, 0.15) is 12.1 Å². The number of guanidine groups is 1. The average molecular weight is 332 g/mol. The lowest BCUT2D eigenvalue weighted by Crippen LogP contribution is -2.42. The van der Waals surface area contributed by atoms with Gasteiger partial charge in [-0.1, -0.05) is 6.92 Å². The highest BCUT2D eigenvalue weighted by Crippen LogP contribution is 2.19. The second kappa shape index (κ2) is 9.05. The number of rotatable bonds is 7. The van der Waals surface area contributed by atoms with Crippen molar-refractivity contribution in [1.29, 1.82) is 0 Å². The van der Waals surface area contributed by atoms with E-state index in [9.17, 15) is 4.39 Å². The first-order valence-corrected chi connectivity index (χ1v) is 8.37. The predicted molar refractivity (Wildman–Crippen MR) is 94.5 cm³/mol. The number of aliphatic imine (C=N–C) groups is 1. The van der Waals surface area contributed by atoms with Gasteiger partial charge in [0.25, 0.3) is 0 Å². The Labute approximate surface area is 142 Å². The fraction of sp³-hybridized carbons (Fsp3) is 0.444. The summed E-state index contributed by atoms with van der Waals surface area (Å²) in [6.07, 6.45) is 3.35. The molecule has 24 heavy (non-hydrogen) atoms. The maximum Gasteiger partial charge on any atom is 0.226 e. The lowest BCUT2D eigenvalue weighted by molar-refractivity contribution is 0.572. The second-order valence-corrected chi connectivity index (χ2v) is 5.62. The van der Waals surface area contributed by atoms with E-state index < -0.39 is 0 Å². The molecule has 2 aromatic rings. The van der Waals surface area contributed by atoms with Crippen molar-refractivity contribution in [1.82, 2.24) is 15.6 Å². The molecule has 0 fully saturated rings. The van der Waals surface area contributed by atoms with Crippen molar-refractivity contribution >= 4 is 5.96 Å². The minimum atomic E-state index is -0.273. The Kier molecular flexibility index (Phi) is 6.78. The van der Waals surface area contributed by atoms with Crippen LogP contribution in [-0.2, 0) is 6.42 Å². The summed E-state index contributed by atoms with van der Waals surface area (Å²) in [4.78, 5) is 8.98. The summed E-state index contributed by atoms with van der Waals surface area (Å²) in [6.45, 7) is 7.73. The molecule has 0 amide bonds. The molecule has 1 atom stereocenters. The zero-order valence-electron chi connectivity index (χ0n) is 14.5. The first-order chi connectivity index (χ1) is 11.6. The summed E-state index contributed by atoms with van der Waals surface area (Å²) < 4.78 is 18.4. The number of oxazole rings is 1. The molecule has 0 radical (unpaired) electrons.